The van der Waals surface area contributed by atoms with Gasteiger partial charge in [-0.3, -0.25) is 4.79 Å². The number of hydrazone groups is 1. The number of carbonyl (C=O) groups excluding carboxylic acids is 1. The van der Waals surface area contributed by atoms with Crippen molar-refractivity contribution in [1.82, 2.24) is 5.43 Å². The highest BCUT2D eigenvalue weighted by atomic mass is 19.1. The molecule has 1 N–H and O–H groups in total. The van der Waals surface area contributed by atoms with Crippen LogP contribution in [0.4, 0.5) is 4.39 Å². The highest BCUT2D eigenvalue weighted by Crippen LogP contribution is 2.14. The molecule has 0 fully saturated rings. The van der Waals surface area contributed by atoms with Gasteiger partial charge in [0, 0.05) is 11.1 Å². The minimum Gasteiger partial charge on any atom is -0.267 e. The van der Waals surface area contributed by atoms with Crippen LogP contribution in [-0.4, -0.2) is 12.1 Å². The summed E-state index contributed by atoms with van der Waals surface area (Å²) in [6, 6.07) is 13.6. The predicted molar refractivity (Wildman–Crippen MR) is 82.0 cm³/mol. The van der Waals surface area contributed by atoms with Crippen LogP contribution < -0.4 is 5.43 Å². The average molecular weight is 284 g/mol. The fourth-order valence-electron chi connectivity index (χ4n) is 1.82. The Bertz CT molecular complexity index is 648. The van der Waals surface area contributed by atoms with E-state index in [1.807, 2.05) is 12.1 Å². The Morgan fingerprint density at radius 3 is 2.43 bits per heavy atom. The molecule has 2 aromatic carbocycles. The SMILES string of the molecule is CC(C)c1ccc(C(=O)NN=Cc2ccccc2F)cc1. The summed E-state index contributed by atoms with van der Waals surface area (Å²) in [6.45, 7) is 4.18. The molecule has 0 aliphatic heterocycles. The summed E-state index contributed by atoms with van der Waals surface area (Å²) in [5.74, 6) is -0.282. The molecule has 0 aliphatic rings. The molecule has 0 saturated carbocycles. The highest BCUT2D eigenvalue weighted by Gasteiger charge is 2.05. The van der Waals surface area contributed by atoms with Gasteiger partial charge in [0.15, 0.2) is 0 Å². The number of benzene rings is 2. The van der Waals surface area contributed by atoms with Crippen molar-refractivity contribution in [3.05, 3.63) is 71.0 Å². The van der Waals surface area contributed by atoms with E-state index < -0.39 is 0 Å². The van der Waals surface area contributed by atoms with Crippen LogP contribution in [0.2, 0.25) is 0 Å². The van der Waals surface area contributed by atoms with Crippen LogP contribution in [0.1, 0.15) is 41.3 Å². The highest BCUT2D eigenvalue weighted by molar-refractivity contribution is 5.94. The summed E-state index contributed by atoms with van der Waals surface area (Å²) in [5.41, 5.74) is 4.40. The lowest BCUT2D eigenvalue weighted by molar-refractivity contribution is 0.0955. The first kappa shape index (κ1) is 14.9. The fraction of sp³-hybridized carbons (Fsp3) is 0.176. The lowest BCUT2D eigenvalue weighted by Gasteiger charge is -2.05. The molecule has 1 amide bonds. The van der Waals surface area contributed by atoms with Crippen LogP contribution in [0, 0.1) is 5.82 Å². The summed E-state index contributed by atoms with van der Waals surface area (Å²) in [7, 11) is 0. The molecule has 0 radical (unpaired) electrons. The van der Waals surface area contributed by atoms with Crippen molar-refractivity contribution in [1.29, 1.82) is 0 Å². The standard InChI is InChI=1S/C17H17FN2O/c1-12(2)13-7-9-14(10-8-13)17(21)20-19-11-15-5-3-4-6-16(15)18/h3-12H,1-2H3,(H,20,21). The molecule has 21 heavy (non-hydrogen) atoms. The van der Waals surface area contributed by atoms with Crippen LogP contribution >= 0.6 is 0 Å². The number of carbonyl (C=O) groups is 1. The average Bonchev–Trinajstić information content (AvgIpc) is 2.49. The van der Waals surface area contributed by atoms with Crippen molar-refractivity contribution < 1.29 is 9.18 Å². The van der Waals surface area contributed by atoms with E-state index in [9.17, 15) is 9.18 Å². The third-order valence-corrected chi connectivity index (χ3v) is 3.11. The molecule has 0 spiro atoms. The largest absolute Gasteiger partial charge is 0.271 e. The molecule has 0 aliphatic carbocycles. The number of hydrogen-bond donors (Lipinski definition) is 1. The molecular formula is C17H17FN2O. The van der Waals surface area contributed by atoms with E-state index in [1.165, 1.54) is 17.8 Å². The molecule has 0 bridgehead atoms. The van der Waals surface area contributed by atoms with E-state index in [1.54, 1.807) is 30.3 Å². The van der Waals surface area contributed by atoms with Crippen molar-refractivity contribution in [3.63, 3.8) is 0 Å². The molecule has 2 aromatic rings. The monoisotopic (exact) mass is 284 g/mol. The maximum Gasteiger partial charge on any atom is 0.271 e. The van der Waals surface area contributed by atoms with Gasteiger partial charge in [-0.05, 0) is 29.7 Å². The maximum atomic E-state index is 13.4. The van der Waals surface area contributed by atoms with E-state index in [0.29, 0.717) is 17.0 Å². The quantitative estimate of drug-likeness (QED) is 0.675. The summed E-state index contributed by atoms with van der Waals surface area (Å²) in [4.78, 5) is 11.9. The van der Waals surface area contributed by atoms with E-state index >= 15 is 0 Å². The Kier molecular flexibility index (Phi) is 4.82. The maximum absolute atomic E-state index is 13.4. The fourth-order valence-corrected chi connectivity index (χ4v) is 1.82. The number of rotatable bonds is 4. The third kappa shape index (κ3) is 3.99. The van der Waals surface area contributed by atoms with Gasteiger partial charge in [0.2, 0.25) is 0 Å². The van der Waals surface area contributed by atoms with Crippen LogP contribution in [0.25, 0.3) is 0 Å². The molecule has 108 valence electrons. The predicted octanol–water partition coefficient (Wildman–Crippen LogP) is 3.71. The van der Waals surface area contributed by atoms with E-state index in [4.69, 9.17) is 0 Å². The molecule has 0 heterocycles. The number of nitrogens with zero attached hydrogens (tertiary/aromatic N) is 1. The summed E-state index contributed by atoms with van der Waals surface area (Å²) >= 11 is 0. The Labute approximate surface area is 123 Å². The zero-order chi connectivity index (χ0) is 15.2. The van der Waals surface area contributed by atoms with Crippen LogP contribution in [0.3, 0.4) is 0 Å². The van der Waals surface area contributed by atoms with Crippen molar-refractivity contribution >= 4 is 12.1 Å². The van der Waals surface area contributed by atoms with Crippen LogP contribution in [0.15, 0.2) is 53.6 Å². The van der Waals surface area contributed by atoms with E-state index in [-0.39, 0.29) is 11.7 Å². The summed E-state index contributed by atoms with van der Waals surface area (Å²) in [6.07, 6.45) is 1.29. The lowest BCUT2D eigenvalue weighted by Crippen LogP contribution is -2.17. The van der Waals surface area contributed by atoms with Gasteiger partial charge in [0.05, 0.1) is 6.21 Å². The Morgan fingerprint density at radius 1 is 1.14 bits per heavy atom. The second-order valence-corrected chi connectivity index (χ2v) is 5.00. The van der Waals surface area contributed by atoms with Gasteiger partial charge in [0.1, 0.15) is 5.82 Å². The molecule has 0 unspecified atom stereocenters. The van der Waals surface area contributed by atoms with E-state index in [0.717, 1.165) is 0 Å². The van der Waals surface area contributed by atoms with Crippen molar-refractivity contribution in [3.8, 4) is 0 Å². The molecule has 0 saturated heterocycles. The van der Waals surface area contributed by atoms with Gasteiger partial charge in [-0.2, -0.15) is 5.10 Å². The van der Waals surface area contributed by atoms with Crippen LogP contribution in [-0.2, 0) is 0 Å². The molecule has 2 rings (SSSR count). The first-order chi connectivity index (χ1) is 10.1. The lowest BCUT2D eigenvalue weighted by atomic mass is 10.0. The smallest absolute Gasteiger partial charge is 0.267 e. The summed E-state index contributed by atoms with van der Waals surface area (Å²) in [5, 5.41) is 3.77. The first-order valence-electron chi connectivity index (χ1n) is 6.76. The van der Waals surface area contributed by atoms with Gasteiger partial charge < -0.3 is 0 Å². The van der Waals surface area contributed by atoms with Crippen molar-refractivity contribution in [2.45, 2.75) is 19.8 Å². The second kappa shape index (κ2) is 6.79. The third-order valence-electron chi connectivity index (χ3n) is 3.11. The minimum atomic E-state index is -0.378. The zero-order valence-corrected chi connectivity index (χ0v) is 12.0. The molecule has 0 aromatic heterocycles. The Morgan fingerprint density at radius 2 is 1.81 bits per heavy atom. The number of halogens is 1. The molecule has 3 nitrogen and oxygen atoms in total. The van der Waals surface area contributed by atoms with Crippen molar-refractivity contribution in [2.75, 3.05) is 0 Å². The van der Waals surface area contributed by atoms with Gasteiger partial charge in [-0.15, -0.1) is 0 Å². The van der Waals surface area contributed by atoms with E-state index in [2.05, 4.69) is 24.4 Å². The normalized spacial score (nSPS) is 11.0. The zero-order valence-electron chi connectivity index (χ0n) is 12.0. The van der Waals surface area contributed by atoms with Gasteiger partial charge >= 0.3 is 0 Å². The Balaban J connectivity index is 2.00. The number of nitrogens with one attached hydrogen (secondary N) is 1. The summed E-state index contributed by atoms with van der Waals surface area (Å²) < 4.78 is 13.4. The van der Waals surface area contributed by atoms with Gasteiger partial charge in [0.25, 0.3) is 5.91 Å². The van der Waals surface area contributed by atoms with Crippen LogP contribution in [0.5, 0.6) is 0 Å². The number of hydrogen-bond acceptors (Lipinski definition) is 2. The molecule has 0 atom stereocenters. The first-order valence-corrected chi connectivity index (χ1v) is 6.76. The van der Waals surface area contributed by atoms with Gasteiger partial charge in [-0.1, -0.05) is 44.2 Å². The minimum absolute atomic E-state index is 0.321. The second-order valence-electron chi connectivity index (χ2n) is 5.00. The van der Waals surface area contributed by atoms with Crippen molar-refractivity contribution in [2.24, 2.45) is 5.10 Å². The Hall–Kier alpha value is -2.49. The van der Waals surface area contributed by atoms with Gasteiger partial charge in [-0.25, -0.2) is 9.82 Å². The topological polar surface area (TPSA) is 41.5 Å². The molecular weight excluding hydrogens is 267 g/mol. The molecule has 4 heteroatoms. The number of amides is 1.